The number of aromatic nitrogens is 3. The fourth-order valence-corrected chi connectivity index (χ4v) is 2.48. The second-order valence-electron chi connectivity index (χ2n) is 5.16. The summed E-state index contributed by atoms with van der Waals surface area (Å²) in [6.45, 7) is 3.62. The zero-order valence-corrected chi connectivity index (χ0v) is 11.7. The van der Waals surface area contributed by atoms with E-state index in [1.165, 1.54) is 4.68 Å². The maximum Gasteiger partial charge on any atom is 0.277 e. The lowest BCUT2D eigenvalue weighted by Gasteiger charge is -2.28. The van der Waals surface area contributed by atoms with Crippen LogP contribution in [0.5, 0.6) is 0 Å². The molecule has 1 aromatic heterocycles. The molecule has 3 rings (SSSR count). The summed E-state index contributed by atoms with van der Waals surface area (Å²) in [5.41, 5.74) is 0.350. The number of rotatable bonds is 4. The van der Waals surface area contributed by atoms with Crippen LogP contribution in [0.1, 0.15) is 0 Å². The summed E-state index contributed by atoms with van der Waals surface area (Å²) in [4.78, 5) is 14.4. The van der Waals surface area contributed by atoms with E-state index < -0.39 is 6.10 Å². The maximum absolute atomic E-state index is 12.3. The van der Waals surface area contributed by atoms with Crippen LogP contribution in [-0.4, -0.2) is 64.0 Å². The second-order valence-corrected chi connectivity index (χ2v) is 5.16. The molecule has 2 aromatic rings. The average Bonchev–Trinajstić information content (AvgIpc) is 2.51. The van der Waals surface area contributed by atoms with Crippen LogP contribution in [0.2, 0.25) is 0 Å². The van der Waals surface area contributed by atoms with Gasteiger partial charge in [-0.2, -0.15) is 0 Å². The van der Waals surface area contributed by atoms with Crippen molar-refractivity contribution in [3.8, 4) is 0 Å². The van der Waals surface area contributed by atoms with Gasteiger partial charge in [0.15, 0.2) is 0 Å². The lowest BCUT2D eigenvalue weighted by Crippen LogP contribution is -2.43. The van der Waals surface area contributed by atoms with Crippen LogP contribution in [0.25, 0.3) is 10.9 Å². The predicted octanol–water partition coefficient (Wildman–Crippen LogP) is -0.515. The third-order valence-electron chi connectivity index (χ3n) is 3.59. The summed E-state index contributed by atoms with van der Waals surface area (Å²) in [7, 11) is 0. The zero-order chi connectivity index (χ0) is 14.7. The van der Waals surface area contributed by atoms with Crippen molar-refractivity contribution in [2.45, 2.75) is 12.6 Å². The molecule has 0 unspecified atom stereocenters. The van der Waals surface area contributed by atoms with Gasteiger partial charge in [-0.05, 0) is 12.1 Å². The van der Waals surface area contributed by atoms with Crippen LogP contribution in [0.4, 0.5) is 0 Å². The predicted molar refractivity (Wildman–Crippen MR) is 77.1 cm³/mol. The molecule has 0 bridgehead atoms. The van der Waals surface area contributed by atoms with E-state index in [-0.39, 0.29) is 12.1 Å². The van der Waals surface area contributed by atoms with Crippen molar-refractivity contribution < 1.29 is 9.84 Å². The summed E-state index contributed by atoms with van der Waals surface area (Å²) in [5.74, 6) is 0. The van der Waals surface area contributed by atoms with Crippen LogP contribution in [-0.2, 0) is 11.3 Å². The fourth-order valence-electron chi connectivity index (χ4n) is 2.48. The molecule has 1 saturated heterocycles. The molecule has 1 N–H and O–H groups in total. The normalized spacial score (nSPS) is 18.0. The molecule has 0 aliphatic carbocycles. The molecule has 7 heteroatoms. The number of β-amino-alcohol motifs (C(OH)–C–C–N with tert-alkyl or cyclic N) is 1. The molecule has 2 heterocycles. The van der Waals surface area contributed by atoms with E-state index in [1.807, 2.05) is 6.07 Å². The molecule has 0 radical (unpaired) electrons. The van der Waals surface area contributed by atoms with E-state index in [2.05, 4.69) is 15.2 Å². The van der Waals surface area contributed by atoms with E-state index >= 15 is 0 Å². The van der Waals surface area contributed by atoms with Crippen molar-refractivity contribution in [2.75, 3.05) is 32.8 Å². The minimum Gasteiger partial charge on any atom is -0.390 e. The van der Waals surface area contributed by atoms with E-state index in [4.69, 9.17) is 4.74 Å². The highest BCUT2D eigenvalue weighted by atomic mass is 16.5. The Morgan fingerprint density at radius 1 is 1.24 bits per heavy atom. The Morgan fingerprint density at radius 3 is 2.81 bits per heavy atom. The zero-order valence-electron chi connectivity index (χ0n) is 11.7. The molecule has 112 valence electrons. The highest BCUT2D eigenvalue weighted by Gasteiger charge is 2.16. The molecule has 1 aliphatic rings. The molecule has 7 nitrogen and oxygen atoms in total. The van der Waals surface area contributed by atoms with Crippen LogP contribution in [0.3, 0.4) is 0 Å². The Balaban J connectivity index is 1.72. The number of benzene rings is 1. The van der Waals surface area contributed by atoms with Gasteiger partial charge in [-0.25, -0.2) is 4.68 Å². The number of morpholine rings is 1. The Labute approximate surface area is 121 Å². The highest BCUT2D eigenvalue weighted by molar-refractivity contribution is 5.76. The van der Waals surface area contributed by atoms with Crippen molar-refractivity contribution in [1.29, 1.82) is 0 Å². The molecule has 0 spiro atoms. The minimum absolute atomic E-state index is 0.147. The third-order valence-corrected chi connectivity index (χ3v) is 3.59. The third kappa shape index (κ3) is 3.26. The van der Waals surface area contributed by atoms with Crippen molar-refractivity contribution in [1.82, 2.24) is 19.9 Å². The monoisotopic (exact) mass is 290 g/mol. The van der Waals surface area contributed by atoms with Gasteiger partial charge in [-0.3, -0.25) is 9.69 Å². The number of hydrogen-bond acceptors (Lipinski definition) is 6. The van der Waals surface area contributed by atoms with Crippen LogP contribution in [0.15, 0.2) is 29.1 Å². The van der Waals surface area contributed by atoms with E-state index in [0.29, 0.717) is 30.7 Å². The van der Waals surface area contributed by atoms with Gasteiger partial charge in [-0.1, -0.05) is 17.3 Å². The fraction of sp³-hybridized carbons (Fsp3) is 0.500. The highest BCUT2D eigenvalue weighted by Crippen LogP contribution is 2.04. The Kier molecular flexibility index (Phi) is 4.23. The first-order chi connectivity index (χ1) is 10.2. The number of fused-ring (bicyclic) bond motifs is 1. The van der Waals surface area contributed by atoms with Crippen LogP contribution in [0, 0.1) is 0 Å². The van der Waals surface area contributed by atoms with Gasteiger partial charge in [0, 0.05) is 19.6 Å². The number of aliphatic hydroxyl groups is 1. The van der Waals surface area contributed by atoms with Crippen molar-refractivity contribution in [2.24, 2.45) is 0 Å². The first kappa shape index (κ1) is 14.1. The van der Waals surface area contributed by atoms with Gasteiger partial charge >= 0.3 is 0 Å². The summed E-state index contributed by atoms with van der Waals surface area (Å²) < 4.78 is 6.50. The van der Waals surface area contributed by atoms with Gasteiger partial charge in [-0.15, -0.1) is 5.10 Å². The molecule has 1 aliphatic heterocycles. The standard InChI is InChI=1S/C14H18N4O3/c19-11(9-17-5-7-21-8-6-17)10-18-14(20)12-3-1-2-4-13(12)15-16-18/h1-4,11,19H,5-10H2/t11-/m0/s1. The average molecular weight is 290 g/mol. The Bertz CT molecular complexity index is 667. The van der Waals surface area contributed by atoms with Crippen LogP contribution < -0.4 is 5.56 Å². The summed E-state index contributed by atoms with van der Waals surface area (Å²) in [6.07, 6.45) is -0.656. The smallest absolute Gasteiger partial charge is 0.277 e. The summed E-state index contributed by atoms with van der Waals surface area (Å²) in [5, 5.41) is 18.6. The molecule has 0 amide bonds. The van der Waals surface area contributed by atoms with Crippen molar-refractivity contribution in [3.63, 3.8) is 0 Å². The molecule has 0 saturated carbocycles. The molecule has 1 fully saturated rings. The first-order valence-corrected chi connectivity index (χ1v) is 7.05. The van der Waals surface area contributed by atoms with Gasteiger partial charge < -0.3 is 9.84 Å². The van der Waals surface area contributed by atoms with E-state index in [1.54, 1.807) is 18.2 Å². The minimum atomic E-state index is -0.656. The molecule has 1 atom stereocenters. The van der Waals surface area contributed by atoms with Gasteiger partial charge in [0.1, 0.15) is 5.52 Å². The lowest BCUT2D eigenvalue weighted by atomic mass is 10.2. The Hall–Kier alpha value is -1.83. The topological polar surface area (TPSA) is 80.5 Å². The molecule has 21 heavy (non-hydrogen) atoms. The van der Waals surface area contributed by atoms with Crippen molar-refractivity contribution in [3.05, 3.63) is 34.6 Å². The maximum atomic E-state index is 12.3. The molecule has 1 aromatic carbocycles. The quantitative estimate of drug-likeness (QED) is 0.816. The first-order valence-electron chi connectivity index (χ1n) is 7.05. The van der Waals surface area contributed by atoms with Crippen LogP contribution >= 0.6 is 0 Å². The number of aliphatic hydroxyl groups excluding tert-OH is 1. The van der Waals surface area contributed by atoms with Gasteiger partial charge in [0.25, 0.3) is 5.56 Å². The SMILES string of the molecule is O=c1c2ccccc2nnn1C[C@@H](O)CN1CCOCC1. The Morgan fingerprint density at radius 2 is 2.00 bits per heavy atom. The number of nitrogens with zero attached hydrogens (tertiary/aromatic N) is 4. The van der Waals surface area contributed by atoms with E-state index in [9.17, 15) is 9.90 Å². The van der Waals surface area contributed by atoms with Gasteiger partial charge in [0.2, 0.25) is 0 Å². The van der Waals surface area contributed by atoms with Gasteiger partial charge in [0.05, 0.1) is 31.2 Å². The number of ether oxygens (including phenoxy) is 1. The summed E-state index contributed by atoms with van der Waals surface area (Å²) in [6, 6.07) is 7.07. The largest absolute Gasteiger partial charge is 0.390 e. The van der Waals surface area contributed by atoms with Crippen molar-refractivity contribution >= 4 is 10.9 Å². The molecular formula is C14H18N4O3. The summed E-state index contributed by atoms with van der Waals surface area (Å²) >= 11 is 0. The molecular weight excluding hydrogens is 272 g/mol. The van der Waals surface area contributed by atoms with E-state index in [0.717, 1.165) is 13.1 Å². The number of hydrogen-bond donors (Lipinski definition) is 1. The lowest BCUT2D eigenvalue weighted by molar-refractivity contribution is 0.0104. The second kappa shape index (κ2) is 6.30.